The summed E-state index contributed by atoms with van der Waals surface area (Å²) in [4.78, 5) is 17.2. The van der Waals surface area contributed by atoms with Gasteiger partial charge in [-0.05, 0) is 36.8 Å². The molecule has 1 amide bonds. The van der Waals surface area contributed by atoms with E-state index in [0.29, 0.717) is 44.2 Å². The van der Waals surface area contributed by atoms with Crippen molar-refractivity contribution < 1.29 is 4.79 Å². The number of hydrogen-bond donors (Lipinski definition) is 1. The van der Waals surface area contributed by atoms with E-state index in [-0.39, 0.29) is 5.91 Å². The number of halogens is 3. The first-order valence-electron chi connectivity index (χ1n) is 6.92. The van der Waals surface area contributed by atoms with Crippen LogP contribution in [-0.4, -0.2) is 15.3 Å². The van der Waals surface area contributed by atoms with Crippen LogP contribution in [-0.2, 0) is 6.42 Å². The topological polar surface area (TPSA) is 46.4 Å². The molecule has 0 aliphatic heterocycles. The first-order chi connectivity index (χ1) is 11.0. The maximum absolute atomic E-state index is 12.7. The fourth-order valence-corrected chi connectivity index (χ4v) is 2.94. The summed E-state index contributed by atoms with van der Waals surface area (Å²) in [5.41, 5.74) is 2.28. The molecule has 1 N–H and O–H groups in total. The first-order valence-corrected chi connectivity index (χ1v) is 8.06. The van der Waals surface area contributed by atoms with E-state index in [1.165, 1.54) is 0 Å². The number of nitrogens with one attached hydrogen (secondary N) is 1. The molecule has 7 heteroatoms. The molecule has 0 spiro atoms. The third-order valence-corrected chi connectivity index (χ3v) is 4.16. The van der Waals surface area contributed by atoms with Gasteiger partial charge in [0.1, 0.15) is 11.3 Å². The number of aryl methyl sites for hydroxylation is 1. The van der Waals surface area contributed by atoms with Crippen molar-refractivity contribution in [3.8, 4) is 0 Å². The van der Waals surface area contributed by atoms with Crippen LogP contribution in [0.5, 0.6) is 0 Å². The summed E-state index contributed by atoms with van der Waals surface area (Å²) < 4.78 is 1.68. The Morgan fingerprint density at radius 2 is 1.91 bits per heavy atom. The first kappa shape index (κ1) is 16.1. The Morgan fingerprint density at radius 1 is 1.17 bits per heavy atom. The van der Waals surface area contributed by atoms with Crippen molar-refractivity contribution in [1.29, 1.82) is 0 Å². The number of hydrogen-bond acceptors (Lipinski definition) is 2. The fraction of sp³-hybridized carbons (Fsp3) is 0.125. The molecule has 0 fully saturated rings. The highest BCUT2D eigenvalue weighted by Crippen LogP contribution is 2.26. The molecule has 0 bridgehead atoms. The van der Waals surface area contributed by atoms with Crippen molar-refractivity contribution in [3.05, 3.63) is 63.0 Å². The summed E-state index contributed by atoms with van der Waals surface area (Å²) in [7, 11) is 0. The number of aromatic nitrogens is 2. The summed E-state index contributed by atoms with van der Waals surface area (Å²) in [5.74, 6) is -0.305. The molecule has 3 aromatic rings. The van der Waals surface area contributed by atoms with Gasteiger partial charge < -0.3 is 5.32 Å². The van der Waals surface area contributed by atoms with Gasteiger partial charge in [0.15, 0.2) is 0 Å². The van der Waals surface area contributed by atoms with Gasteiger partial charge in [0, 0.05) is 11.2 Å². The van der Waals surface area contributed by atoms with Crippen LogP contribution in [0.2, 0.25) is 15.1 Å². The van der Waals surface area contributed by atoms with Gasteiger partial charge >= 0.3 is 0 Å². The van der Waals surface area contributed by atoms with Gasteiger partial charge in [-0.15, -0.1) is 0 Å². The highest BCUT2D eigenvalue weighted by atomic mass is 35.5. The standard InChI is InChI=1S/C16H12Cl3N3O/c1-2-12-15(22-8-10(18)4-6-14(22)20-12)16(23)21-13-5-3-9(17)7-11(13)19/h3-8H,2H2,1H3,(H,21,23). The number of nitrogens with zero attached hydrogens (tertiary/aromatic N) is 2. The zero-order valence-electron chi connectivity index (χ0n) is 12.1. The van der Waals surface area contributed by atoms with Crippen molar-refractivity contribution in [3.63, 3.8) is 0 Å². The van der Waals surface area contributed by atoms with E-state index in [0.717, 1.165) is 0 Å². The molecule has 23 heavy (non-hydrogen) atoms. The summed E-state index contributed by atoms with van der Waals surface area (Å²) in [5, 5.41) is 4.19. The molecule has 0 aliphatic rings. The maximum atomic E-state index is 12.7. The molecular formula is C16H12Cl3N3O. The number of anilines is 1. The van der Waals surface area contributed by atoms with Crippen LogP contribution in [0.4, 0.5) is 5.69 Å². The Morgan fingerprint density at radius 3 is 2.61 bits per heavy atom. The van der Waals surface area contributed by atoms with Crippen LogP contribution in [0.15, 0.2) is 36.5 Å². The van der Waals surface area contributed by atoms with E-state index in [2.05, 4.69) is 10.3 Å². The third-order valence-electron chi connectivity index (χ3n) is 3.38. The number of carbonyl (C=O) groups is 1. The van der Waals surface area contributed by atoms with Gasteiger partial charge in [0.25, 0.3) is 5.91 Å². The number of pyridine rings is 1. The molecule has 0 aliphatic carbocycles. The van der Waals surface area contributed by atoms with Gasteiger partial charge in [-0.3, -0.25) is 9.20 Å². The Labute approximate surface area is 148 Å². The van der Waals surface area contributed by atoms with E-state index in [9.17, 15) is 4.79 Å². The van der Waals surface area contributed by atoms with E-state index >= 15 is 0 Å². The Balaban J connectivity index is 2.04. The smallest absolute Gasteiger partial charge is 0.274 e. The highest BCUT2D eigenvalue weighted by molar-refractivity contribution is 6.36. The Hall–Kier alpha value is -1.75. The average Bonchev–Trinajstić information content (AvgIpc) is 2.87. The van der Waals surface area contributed by atoms with Crippen molar-refractivity contribution in [2.75, 3.05) is 5.32 Å². The predicted molar refractivity (Wildman–Crippen MR) is 94.0 cm³/mol. The summed E-state index contributed by atoms with van der Waals surface area (Å²) in [6, 6.07) is 8.40. The Kier molecular flexibility index (Phi) is 4.48. The molecule has 3 rings (SSSR count). The quantitative estimate of drug-likeness (QED) is 0.698. The lowest BCUT2D eigenvalue weighted by atomic mass is 10.2. The highest BCUT2D eigenvalue weighted by Gasteiger charge is 2.19. The number of benzene rings is 1. The zero-order valence-corrected chi connectivity index (χ0v) is 14.4. The van der Waals surface area contributed by atoms with Crippen molar-refractivity contribution in [2.45, 2.75) is 13.3 Å². The van der Waals surface area contributed by atoms with Crippen molar-refractivity contribution in [2.24, 2.45) is 0 Å². The molecule has 2 aromatic heterocycles. The Bertz CT molecular complexity index is 905. The van der Waals surface area contributed by atoms with Gasteiger partial charge in [0.05, 0.1) is 21.4 Å². The predicted octanol–water partition coefficient (Wildman–Crippen LogP) is 5.11. The lowest BCUT2D eigenvalue weighted by molar-refractivity contribution is 0.102. The largest absolute Gasteiger partial charge is 0.319 e. The number of carbonyl (C=O) groups excluding carboxylic acids is 1. The van der Waals surface area contributed by atoms with Gasteiger partial charge in [-0.25, -0.2) is 4.98 Å². The molecular weight excluding hydrogens is 357 g/mol. The van der Waals surface area contributed by atoms with Crippen LogP contribution in [0, 0.1) is 0 Å². The van der Waals surface area contributed by atoms with Crippen LogP contribution in [0.1, 0.15) is 23.1 Å². The van der Waals surface area contributed by atoms with E-state index < -0.39 is 0 Å². The number of rotatable bonds is 3. The third kappa shape index (κ3) is 3.15. The van der Waals surface area contributed by atoms with E-state index in [4.69, 9.17) is 34.8 Å². The minimum atomic E-state index is -0.305. The summed E-state index contributed by atoms with van der Waals surface area (Å²) >= 11 is 18.0. The molecule has 1 aromatic carbocycles. The van der Waals surface area contributed by atoms with E-state index in [1.54, 1.807) is 40.9 Å². The summed E-state index contributed by atoms with van der Waals surface area (Å²) in [6.45, 7) is 1.94. The SMILES string of the molecule is CCc1nc2ccc(Cl)cn2c1C(=O)Nc1ccc(Cl)cc1Cl. The van der Waals surface area contributed by atoms with E-state index in [1.807, 2.05) is 6.92 Å². The van der Waals surface area contributed by atoms with Gasteiger partial charge in [0.2, 0.25) is 0 Å². The molecule has 4 nitrogen and oxygen atoms in total. The second-order valence-electron chi connectivity index (χ2n) is 4.91. The zero-order chi connectivity index (χ0) is 16.6. The summed E-state index contributed by atoms with van der Waals surface area (Å²) in [6.07, 6.45) is 2.29. The molecule has 0 unspecified atom stereocenters. The molecule has 2 heterocycles. The average molecular weight is 369 g/mol. The van der Waals surface area contributed by atoms with Gasteiger partial charge in [-0.1, -0.05) is 41.7 Å². The van der Waals surface area contributed by atoms with Crippen molar-refractivity contribution >= 4 is 52.0 Å². The molecule has 0 radical (unpaired) electrons. The van der Waals surface area contributed by atoms with Gasteiger partial charge in [-0.2, -0.15) is 0 Å². The normalized spacial score (nSPS) is 11.0. The molecule has 118 valence electrons. The second kappa shape index (κ2) is 6.40. The molecule has 0 saturated carbocycles. The lowest BCUT2D eigenvalue weighted by Gasteiger charge is -2.08. The van der Waals surface area contributed by atoms with Crippen LogP contribution in [0.3, 0.4) is 0 Å². The number of imidazole rings is 1. The number of amides is 1. The minimum absolute atomic E-state index is 0.305. The van der Waals surface area contributed by atoms with Crippen LogP contribution >= 0.6 is 34.8 Å². The monoisotopic (exact) mass is 367 g/mol. The second-order valence-corrected chi connectivity index (χ2v) is 6.19. The lowest BCUT2D eigenvalue weighted by Crippen LogP contribution is -2.16. The van der Waals surface area contributed by atoms with Crippen molar-refractivity contribution in [1.82, 2.24) is 9.38 Å². The minimum Gasteiger partial charge on any atom is -0.319 e. The molecule has 0 atom stereocenters. The number of fused-ring (bicyclic) bond motifs is 1. The van der Waals surface area contributed by atoms with Crippen LogP contribution in [0.25, 0.3) is 5.65 Å². The van der Waals surface area contributed by atoms with Crippen LogP contribution < -0.4 is 5.32 Å². The maximum Gasteiger partial charge on any atom is 0.274 e. The molecule has 0 saturated heterocycles. The fourth-order valence-electron chi connectivity index (χ4n) is 2.33.